The van der Waals surface area contributed by atoms with Crippen LogP contribution in [0.1, 0.15) is 5.56 Å². The van der Waals surface area contributed by atoms with E-state index < -0.39 is 11.9 Å². The molecule has 0 unspecified atom stereocenters. The van der Waals surface area contributed by atoms with Crippen LogP contribution in [-0.4, -0.2) is 59.2 Å². The third-order valence-electron chi connectivity index (χ3n) is 3.11. The fraction of sp³-hybridized carbons (Fsp3) is 0.278. The highest BCUT2D eigenvalue weighted by atomic mass is 32.1. The zero-order valence-corrected chi connectivity index (χ0v) is 15.6. The number of likely N-dealkylation sites (N-methyl/N-ethyl adjacent to an activating group) is 1. The van der Waals surface area contributed by atoms with E-state index in [1.54, 1.807) is 11.3 Å². The number of thiophene rings is 1. The molecule has 0 aliphatic rings. The summed E-state index contributed by atoms with van der Waals surface area (Å²) in [7, 11) is 4.20. The second kappa shape index (κ2) is 11.8. The Morgan fingerprint density at radius 3 is 2.27 bits per heavy atom. The molecule has 0 saturated carbocycles. The summed E-state index contributed by atoms with van der Waals surface area (Å²) in [5, 5.41) is 19.9. The standard InChI is InChI=1S/C14H19N3S.C4H4O4/c1-16(2)8-9-17(11-13-6-10-18-12-13)14-5-3-4-7-15-14;5-3(6)1-2-4(7)8/h3-7,10,12H,8-9,11H2,1-2H3;1-2H,(H,5,6)(H,7,8)/b;2-1-. The molecule has 0 aliphatic carbocycles. The van der Waals surface area contributed by atoms with E-state index in [1.165, 1.54) is 5.56 Å². The van der Waals surface area contributed by atoms with E-state index in [-0.39, 0.29) is 0 Å². The van der Waals surface area contributed by atoms with Crippen molar-refractivity contribution in [1.82, 2.24) is 9.88 Å². The van der Waals surface area contributed by atoms with Gasteiger partial charge in [0.1, 0.15) is 5.82 Å². The van der Waals surface area contributed by atoms with Crippen molar-refractivity contribution in [2.24, 2.45) is 0 Å². The molecule has 2 N–H and O–H groups in total. The molecule has 2 heterocycles. The first-order valence-corrected chi connectivity index (χ1v) is 8.78. The molecule has 0 saturated heterocycles. The minimum Gasteiger partial charge on any atom is -0.478 e. The van der Waals surface area contributed by atoms with Crippen molar-refractivity contribution in [2.45, 2.75) is 6.54 Å². The summed E-state index contributed by atoms with van der Waals surface area (Å²) < 4.78 is 0. The summed E-state index contributed by atoms with van der Waals surface area (Å²) in [6, 6.07) is 8.25. The molecule has 140 valence electrons. The lowest BCUT2D eigenvalue weighted by molar-refractivity contribution is -0.134. The number of carboxylic acids is 2. The van der Waals surface area contributed by atoms with Crippen molar-refractivity contribution in [1.29, 1.82) is 0 Å². The second-order valence-electron chi connectivity index (χ2n) is 5.55. The van der Waals surface area contributed by atoms with Crippen LogP contribution in [0.2, 0.25) is 0 Å². The highest BCUT2D eigenvalue weighted by Crippen LogP contribution is 2.15. The average Bonchev–Trinajstić information content (AvgIpc) is 3.11. The van der Waals surface area contributed by atoms with E-state index in [0.29, 0.717) is 12.2 Å². The Balaban J connectivity index is 0.000000359. The van der Waals surface area contributed by atoms with Gasteiger partial charge in [-0.05, 0) is 48.6 Å². The number of nitrogens with zero attached hydrogens (tertiary/aromatic N) is 3. The molecular formula is C18H23N3O4S. The largest absolute Gasteiger partial charge is 0.478 e. The molecule has 0 amide bonds. The zero-order chi connectivity index (χ0) is 19.4. The van der Waals surface area contributed by atoms with Gasteiger partial charge in [0, 0.05) is 38.0 Å². The Hall–Kier alpha value is -2.71. The molecule has 0 atom stereocenters. The molecule has 0 bridgehead atoms. The Bertz CT molecular complexity index is 672. The maximum absolute atomic E-state index is 9.55. The molecule has 0 spiro atoms. The van der Waals surface area contributed by atoms with Crippen LogP contribution in [0.5, 0.6) is 0 Å². The fourth-order valence-electron chi connectivity index (χ4n) is 1.88. The van der Waals surface area contributed by atoms with Crippen LogP contribution in [0, 0.1) is 0 Å². The smallest absolute Gasteiger partial charge is 0.328 e. The molecular weight excluding hydrogens is 354 g/mol. The van der Waals surface area contributed by atoms with Gasteiger partial charge in [0.05, 0.1) is 0 Å². The summed E-state index contributed by atoms with van der Waals surface area (Å²) in [6.07, 6.45) is 2.97. The summed E-state index contributed by atoms with van der Waals surface area (Å²) in [6.45, 7) is 2.94. The zero-order valence-electron chi connectivity index (χ0n) is 14.8. The normalized spacial score (nSPS) is 10.4. The van der Waals surface area contributed by atoms with E-state index in [0.717, 1.165) is 25.5 Å². The van der Waals surface area contributed by atoms with Gasteiger partial charge in [-0.1, -0.05) is 6.07 Å². The van der Waals surface area contributed by atoms with Gasteiger partial charge >= 0.3 is 11.9 Å². The number of aromatic nitrogens is 1. The van der Waals surface area contributed by atoms with Gasteiger partial charge in [0.25, 0.3) is 0 Å². The van der Waals surface area contributed by atoms with Gasteiger partial charge in [0.2, 0.25) is 0 Å². The van der Waals surface area contributed by atoms with Gasteiger partial charge in [-0.15, -0.1) is 0 Å². The molecule has 2 aromatic rings. The summed E-state index contributed by atoms with van der Waals surface area (Å²) in [5.74, 6) is -1.47. The number of carboxylic acid groups (broad SMARTS) is 2. The van der Waals surface area contributed by atoms with Gasteiger partial charge in [-0.25, -0.2) is 14.6 Å². The molecule has 0 aliphatic heterocycles. The van der Waals surface area contributed by atoms with Gasteiger partial charge < -0.3 is 20.0 Å². The van der Waals surface area contributed by atoms with Crippen molar-refractivity contribution >= 4 is 29.1 Å². The van der Waals surface area contributed by atoms with Crippen molar-refractivity contribution in [3.63, 3.8) is 0 Å². The first kappa shape index (κ1) is 21.3. The molecule has 2 aromatic heterocycles. The van der Waals surface area contributed by atoms with E-state index in [9.17, 15) is 9.59 Å². The highest BCUT2D eigenvalue weighted by molar-refractivity contribution is 7.07. The first-order valence-electron chi connectivity index (χ1n) is 7.84. The minimum absolute atomic E-state index is 0.558. The molecule has 2 rings (SSSR count). The SMILES string of the molecule is CN(C)CCN(Cc1ccsc1)c1ccccn1.O=C(O)/C=C\C(=O)O. The minimum atomic E-state index is -1.26. The highest BCUT2D eigenvalue weighted by Gasteiger charge is 2.08. The van der Waals surface area contributed by atoms with E-state index in [2.05, 4.69) is 51.8 Å². The molecule has 0 aromatic carbocycles. The lowest BCUT2D eigenvalue weighted by Crippen LogP contribution is -2.31. The third-order valence-corrected chi connectivity index (χ3v) is 3.84. The fourth-order valence-corrected chi connectivity index (χ4v) is 2.54. The quantitative estimate of drug-likeness (QED) is 0.682. The van der Waals surface area contributed by atoms with Crippen LogP contribution < -0.4 is 4.90 Å². The van der Waals surface area contributed by atoms with Crippen LogP contribution in [0.3, 0.4) is 0 Å². The molecule has 8 heteroatoms. The Morgan fingerprint density at radius 2 is 1.81 bits per heavy atom. The molecule has 7 nitrogen and oxygen atoms in total. The molecule has 0 radical (unpaired) electrons. The maximum Gasteiger partial charge on any atom is 0.328 e. The summed E-state index contributed by atoms with van der Waals surface area (Å²) >= 11 is 1.74. The van der Waals surface area contributed by atoms with E-state index in [4.69, 9.17) is 10.2 Å². The van der Waals surface area contributed by atoms with Crippen molar-refractivity contribution in [3.8, 4) is 0 Å². The average molecular weight is 377 g/mol. The topological polar surface area (TPSA) is 94.0 Å². The Kier molecular flexibility index (Phi) is 9.66. The predicted molar refractivity (Wildman–Crippen MR) is 103 cm³/mol. The van der Waals surface area contributed by atoms with Crippen molar-refractivity contribution in [3.05, 3.63) is 58.9 Å². The lowest BCUT2D eigenvalue weighted by atomic mass is 10.3. The van der Waals surface area contributed by atoms with Crippen molar-refractivity contribution < 1.29 is 19.8 Å². The Labute approximate surface area is 156 Å². The number of rotatable bonds is 8. The number of aliphatic carboxylic acids is 2. The summed E-state index contributed by atoms with van der Waals surface area (Å²) in [5.41, 5.74) is 1.35. The van der Waals surface area contributed by atoms with Crippen LogP contribution in [-0.2, 0) is 16.1 Å². The van der Waals surface area contributed by atoms with Gasteiger partial charge in [-0.2, -0.15) is 11.3 Å². The molecule has 0 fully saturated rings. The summed E-state index contributed by atoms with van der Waals surface area (Å²) in [4.78, 5) is 28.1. The number of anilines is 1. The van der Waals surface area contributed by atoms with E-state index in [1.807, 2.05) is 18.3 Å². The lowest BCUT2D eigenvalue weighted by Gasteiger charge is -2.25. The monoisotopic (exact) mass is 377 g/mol. The maximum atomic E-state index is 9.55. The van der Waals surface area contributed by atoms with Crippen molar-refractivity contribution in [2.75, 3.05) is 32.1 Å². The second-order valence-corrected chi connectivity index (χ2v) is 6.33. The number of hydrogen-bond donors (Lipinski definition) is 2. The van der Waals surface area contributed by atoms with Crippen LogP contribution in [0.25, 0.3) is 0 Å². The predicted octanol–water partition coefficient (Wildman–Crippen LogP) is 2.42. The van der Waals surface area contributed by atoms with Crippen LogP contribution in [0.15, 0.2) is 53.4 Å². The van der Waals surface area contributed by atoms with E-state index >= 15 is 0 Å². The first-order chi connectivity index (χ1) is 12.4. The van der Waals surface area contributed by atoms with Crippen LogP contribution in [0.4, 0.5) is 5.82 Å². The Morgan fingerprint density at radius 1 is 1.12 bits per heavy atom. The van der Waals surface area contributed by atoms with Gasteiger partial charge in [0.15, 0.2) is 0 Å². The van der Waals surface area contributed by atoms with Crippen LogP contribution >= 0.6 is 11.3 Å². The molecule has 26 heavy (non-hydrogen) atoms. The number of carbonyl (C=O) groups is 2. The van der Waals surface area contributed by atoms with Gasteiger partial charge in [-0.3, -0.25) is 0 Å². The number of hydrogen-bond acceptors (Lipinski definition) is 6. The number of pyridine rings is 1. The third kappa shape index (κ3) is 9.55.